The van der Waals surface area contributed by atoms with Gasteiger partial charge in [0, 0.05) is 32.0 Å². The highest BCUT2D eigenvalue weighted by molar-refractivity contribution is 5.76. The Morgan fingerprint density at radius 3 is 2.83 bits per heavy atom. The number of carbonyl (C=O) groups is 1. The maximum atomic E-state index is 13.7. The van der Waals surface area contributed by atoms with E-state index in [1.165, 1.54) is 31.2 Å². The Bertz CT molecular complexity index is 740. The summed E-state index contributed by atoms with van der Waals surface area (Å²) in [6.45, 7) is 2.07. The largest absolute Gasteiger partial charge is 0.441 e. The fourth-order valence-corrected chi connectivity index (χ4v) is 2.75. The minimum Gasteiger partial charge on any atom is -0.441 e. The number of hydrogen-bond acceptors (Lipinski definition) is 3. The zero-order valence-corrected chi connectivity index (χ0v) is 13.8. The summed E-state index contributed by atoms with van der Waals surface area (Å²) in [4.78, 5) is 18.1. The van der Waals surface area contributed by atoms with Gasteiger partial charge in [-0.1, -0.05) is 0 Å². The Labute approximate surface area is 139 Å². The lowest BCUT2D eigenvalue weighted by molar-refractivity contribution is -0.132. The molecule has 0 aliphatic heterocycles. The molecular weight excluding hydrogens is 314 g/mol. The Morgan fingerprint density at radius 2 is 2.17 bits per heavy atom. The normalized spacial score (nSPS) is 15.3. The average Bonchev–Trinajstić information content (AvgIpc) is 3.30. The van der Waals surface area contributed by atoms with E-state index in [0.717, 1.165) is 6.07 Å². The summed E-state index contributed by atoms with van der Waals surface area (Å²) in [7, 11) is 1.82. The van der Waals surface area contributed by atoms with E-state index < -0.39 is 11.6 Å². The van der Waals surface area contributed by atoms with Crippen LogP contribution in [0.3, 0.4) is 0 Å². The molecule has 24 heavy (non-hydrogen) atoms. The second-order valence-corrected chi connectivity index (χ2v) is 6.33. The van der Waals surface area contributed by atoms with E-state index in [4.69, 9.17) is 4.42 Å². The highest BCUT2D eigenvalue weighted by Gasteiger charge is 2.32. The number of rotatable bonds is 6. The Kier molecular flexibility index (Phi) is 4.64. The SMILES string of the molecule is CC(C1CC1)N(C)C(=O)CCc1ncc(-c2ccc(F)cc2F)o1. The van der Waals surface area contributed by atoms with Crippen LogP contribution in [0.25, 0.3) is 11.3 Å². The van der Waals surface area contributed by atoms with Gasteiger partial charge in [0.15, 0.2) is 11.7 Å². The highest BCUT2D eigenvalue weighted by Crippen LogP contribution is 2.34. The van der Waals surface area contributed by atoms with Crippen molar-refractivity contribution >= 4 is 5.91 Å². The van der Waals surface area contributed by atoms with Crippen molar-refractivity contribution in [2.24, 2.45) is 5.92 Å². The van der Waals surface area contributed by atoms with Crippen LogP contribution >= 0.6 is 0 Å². The van der Waals surface area contributed by atoms with E-state index in [9.17, 15) is 13.6 Å². The van der Waals surface area contributed by atoms with Gasteiger partial charge in [-0.15, -0.1) is 0 Å². The van der Waals surface area contributed by atoms with Crippen molar-refractivity contribution in [3.8, 4) is 11.3 Å². The average molecular weight is 334 g/mol. The van der Waals surface area contributed by atoms with Crippen LogP contribution in [0.4, 0.5) is 8.78 Å². The van der Waals surface area contributed by atoms with Gasteiger partial charge in [0.2, 0.25) is 5.91 Å². The Morgan fingerprint density at radius 1 is 1.42 bits per heavy atom. The molecule has 1 aromatic heterocycles. The molecule has 4 nitrogen and oxygen atoms in total. The maximum Gasteiger partial charge on any atom is 0.223 e. The van der Waals surface area contributed by atoms with Crippen LogP contribution in [-0.4, -0.2) is 28.9 Å². The molecule has 1 amide bonds. The second-order valence-electron chi connectivity index (χ2n) is 6.33. The van der Waals surface area contributed by atoms with Gasteiger partial charge in [-0.2, -0.15) is 0 Å². The lowest BCUT2D eigenvalue weighted by atomic mass is 10.1. The van der Waals surface area contributed by atoms with Crippen molar-refractivity contribution in [1.82, 2.24) is 9.88 Å². The number of aromatic nitrogens is 1. The summed E-state index contributed by atoms with van der Waals surface area (Å²) in [5.41, 5.74) is 0.154. The molecule has 0 radical (unpaired) electrons. The van der Waals surface area contributed by atoms with Crippen molar-refractivity contribution < 1.29 is 18.0 Å². The predicted octanol–water partition coefficient (Wildman–Crippen LogP) is 3.81. The minimum atomic E-state index is -0.702. The van der Waals surface area contributed by atoms with Crippen LogP contribution in [0.2, 0.25) is 0 Å². The fraction of sp³-hybridized carbons (Fsp3) is 0.444. The Balaban J connectivity index is 1.60. The van der Waals surface area contributed by atoms with Gasteiger partial charge < -0.3 is 9.32 Å². The monoisotopic (exact) mass is 334 g/mol. The van der Waals surface area contributed by atoms with Crippen molar-refractivity contribution in [3.63, 3.8) is 0 Å². The maximum absolute atomic E-state index is 13.7. The van der Waals surface area contributed by atoms with E-state index in [-0.39, 0.29) is 23.3 Å². The van der Waals surface area contributed by atoms with E-state index >= 15 is 0 Å². The first-order valence-corrected chi connectivity index (χ1v) is 8.11. The molecule has 1 atom stereocenters. The third-order valence-corrected chi connectivity index (χ3v) is 4.61. The van der Waals surface area contributed by atoms with Crippen molar-refractivity contribution in [2.75, 3.05) is 7.05 Å². The molecule has 1 aromatic carbocycles. The molecule has 1 aliphatic rings. The summed E-state index contributed by atoms with van der Waals surface area (Å²) in [6.07, 6.45) is 4.41. The van der Waals surface area contributed by atoms with Crippen molar-refractivity contribution in [3.05, 3.63) is 41.9 Å². The zero-order valence-electron chi connectivity index (χ0n) is 13.8. The Hall–Kier alpha value is -2.24. The van der Waals surface area contributed by atoms with Crippen LogP contribution in [0, 0.1) is 17.6 Å². The van der Waals surface area contributed by atoms with Crippen molar-refractivity contribution in [1.29, 1.82) is 0 Å². The van der Waals surface area contributed by atoms with Crippen LogP contribution in [0.15, 0.2) is 28.8 Å². The molecule has 1 unspecified atom stereocenters. The number of hydrogen-bond donors (Lipinski definition) is 0. The predicted molar refractivity (Wildman–Crippen MR) is 85.1 cm³/mol. The molecule has 1 fully saturated rings. The van der Waals surface area contributed by atoms with Gasteiger partial charge in [-0.05, 0) is 37.8 Å². The van der Waals surface area contributed by atoms with Crippen LogP contribution in [-0.2, 0) is 11.2 Å². The number of aryl methyl sites for hydroxylation is 1. The second kappa shape index (κ2) is 6.71. The van der Waals surface area contributed by atoms with Gasteiger partial charge in [0.05, 0.1) is 11.8 Å². The molecule has 1 saturated carbocycles. The topological polar surface area (TPSA) is 46.3 Å². The van der Waals surface area contributed by atoms with Gasteiger partial charge >= 0.3 is 0 Å². The molecule has 0 N–H and O–H groups in total. The summed E-state index contributed by atoms with van der Waals surface area (Å²) in [5.74, 6) is -0.0822. The number of carbonyl (C=O) groups excluding carboxylic acids is 1. The number of amides is 1. The molecule has 6 heteroatoms. The van der Waals surface area contributed by atoms with Crippen LogP contribution in [0.5, 0.6) is 0 Å². The summed E-state index contributed by atoms with van der Waals surface area (Å²) in [5, 5.41) is 0. The molecule has 0 saturated heterocycles. The third-order valence-electron chi connectivity index (χ3n) is 4.61. The molecule has 0 bridgehead atoms. The van der Waals surface area contributed by atoms with Crippen molar-refractivity contribution in [2.45, 2.75) is 38.6 Å². The first kappa shape index (κ1) is 16.6. The van der Waals surface area contributed by atoms with E-state index in [2.05, 4.69) is 11.9 Å². The van der Waals surface area contributed by atoms with Gasteiger partial charge in [-0.25, -0.2) is 13.8 Å². The molecule has 0 spiro atoms. The first-order chi connectivity index (χ1) is 11.5. The lowest BCUT2D eigenvalue weighted by Gasteiger charge is -2.24. The van der Waals surface area contributed by atoms with Gasteiger partial charge in [0.1, 0.15) is 11.6 Å². The fourth-order valence-electron chi connectivity index (χ4n) is 2.75. The van der Waals surface area contributed by atoms with Gasteiger partial charge in [-0.3, -0.25) is 4.79 Å². The number of nitrogens with zero attached hydrogens (tertiary/aromatic N) is 2. The van der Waals surface area contributed by atoms with Crippen LogP contribution in [0.1, 0.15) is 32.1 Å². The third kappa shape index (κ3) is 3.63. The summed E-state index contributed by atoms with van der Waals surface area (Å²) >= 11 is 0. The van der Waals surface area contributed by atoms with E-state index in [1.54, 1.807) is 4.90 Å². The molecule has 128 valence electrons. The van der Waals surface area contributed by atoms with E-state index in [1.807, 2.05) is 7.05 Å². The minimum absolute atomic E-state index is 0.0436. The first-order valence-electron chi connectivity index (χ1n) is 8.11. The number of benzene rings is 1. The molecule has 1 aliphatic carbocycles. The van der Waals surface area contributed by atoms with Crippen LogP contribution < -0.4 is 0 Å². The standard InChI is InChI=1S/C18H20F2N2O2/c1-11(12-3-4-12)22(2)18(23)8-7-17-21-10-16(24-17)14-6-5-13(19)9-15(14)20/h5-6,9-12H,3-4,7-8H2,1-2H3. The van der Waals surface area contributed by atoms with E-state index in [0.29, 0.717) is 24.7 Å². The molecule has 3 rings (SSSR count). The molecular formula is C18H20F2N2O2. The highest BCUT2D eigenvalue weighted by atomic mass is 19.1. The summed E-state index contributed by atoms with van der Waals surface area (Å²) in [6, 6.07) is 3.53. The molecule has 2 aromatic rings. The number of halogens is 2. The number of oxazole rings is 1. The zero-order chi connectivity index (χ0) is 17.3. The smallest absolute Gasteiger partial charge is 0.223 e. The quantitative estimate of drug-likeness (QED) is 0.807. The van der Waals surface area contributed by atoms with Gasteiger partial charge in [0.25, 0.3) is 0 Å². The summed E-state index contributed by atoms with van der Waals surface area (Å²) < 4.78 is 32.2. The lowest BCUT2D eigenvalue weighted by Crippen LogP contribution is -2.36. The molecule has 1 heterocycles.